The molecule has 0 radical (unpaired) electrons. The van der Waals surface area contributed by atoms with Crippen LogP contribution in [0.5, 0.6) is 11.6 Å². The number of ether oxygens (including phenoxy) is 1. The lowest BCUT2D eigenvalue weighted by Gasteiger charge is -2.19. The number of likely N-dealkylation sites (tertiary alicyclic amines) is 1. The van der Waals surface area contributed by atoms with Crippen molar-refractivity contribution >= 4 is 40.8 Å². The van der Waals surface area contributed by atoms with Gasteiger partial charge in [0, 0.05) is 37.5 Å². The van der Waals surface area contributed by atoms with Gasteiger partial charge in [0.25, 0.3) is 0 Å². The van der Waals surface area contributed by atoms with Crippen LogP contribution in [0.15, 0.2) is 54.9 Å². The molecular formula is C27H29F2N7O3S. The van der Waals surface area contributed by atoms with Gasteiger partial charge in [-0.2, -0.15) is 0 Å². The number of nitrogens with zero attached hydrogens (tertiary/aromatic N) is 4. The second kappa shape index (κ2) is 13.2. The van der Waals surface area contributed by atoms with E-state index in [2.05, 4.69) is 30.8 Å². The molecule has 0 spiro atoms. The summed E-state index contributed by atoms with van der Waals surface area (Å²) in [7, 11) is 4.01. The Labute approximate surface area is 235 Å². The number of nitrogens with one attached hydrogen (secondary N) is 3. The Morgan fingerprint density at radius 2 is 1.88 bits per heavy atom. The van der Waals surface area contributed by atoms with Crippen molar-refractivity contribution in [2.75, 3.05) is 44.4 Å². The van der Waals surface area contributed by atoms with E-state index in [1.807, 2.05) is 14.1 Å². The van der Waals surface area contributed by atoms with E-state index >= 15 is 0 Å². The number of urea groups is 1. The van der Waals surface area contributed by atoms with E-state index in [0.717, 1.165) is 19.0 Å². The molecule has 10 nitrogen and oxygen atoms in total. The van der Waals surface area contributed by atoms with Gasteiger partial charge in [0.05, 0.1) is 6.42 Å². The summed E-state index contributed by atoms with van der Waals surface area (Å²) >= 11 is 5.13. The average molecular weight is 570 g/mol. The number of anilines is 2. The van der Waals surface area contributed by atoms with Crippen molar-refractivity contribution in [2.45, 2.75) is 12.8 Å². The second-order valence-corrected chi connectivity index (χ2v) is 10.00. The van der Waals surface area contributed by atoms with Crippen molar-refractivity contribution in [3.8, 4) is 11.6 Å². The summed E-state index contributed by atoms with van der Waals surface area (Å²) in [4.78, 5) is 36.7. The molecule has 1 aliphatic heterocycles. The van der Waals surface area contributed by atoms with Crippen LogP contribution in [-0.4, -0.2) is 70.5 Å². The zero-order valence-corrected chi connectivity index (χ0v) is 22.8. The van der Waals surface area contributed by atoms with Gasteiger partial charge >= 0.3 is 6.03 Å². The van der Waals surface area contributed by atoms with Gasteiger partial charge in [-0.1, -0.05) is 12.1 Å². The van der Waals surface area contributed by atoms with Crippen molar-refractivity contribution in [2.24, 2.45) is 5.92 Å². The maximum absolute atomic E-state index is 14.8. The minimum Gasteiger partial charge on any atom is -0.436 e. The monoisotopic (exact) mass is 569 g/mol. The molecule has 1 aliphatic rings. The summed E-state index contributed by atoms with van der Waals surface area (Å²) in [6, 6.07) is 10.7. The molecule has 0 bridgehead atoms. The molecule has 0 saturated carbocycles. The van der Waals surface area contributed by atoms with E-state index in [-0.39, 0.29) is 40.7 Å². The number of amides is 3. The molecule has 3 amide bonds. The summed E-state index contributed by atoms with van der Waals surface area (Å²) in [5.74, 6) is -0.939. The number of hydrogen-bond acceptors (Lipinski definition) is 7. The second-order valence-electron chi connectivity index (χ2n) is 9.59. The first kappa shape index (κ1) is 28.8. The van der Waals surface area contributed by atoms with Gasteiger partial charge in [0.1, 0.15) is 18.0 Å². The Morgan fingerprint density at radius 1 is 1.10 bits per heavy atom. The molecular weight excluding hydrogens is 540 g/mol. The molecule has 1 atom stereocenters. The van der Waals surface area contributed by atoms with E-state index in [0.29, 0.717) is 24.6 Å². The summed E-state index contributed by atoms with van der Waals surface area (Å²) in [6.45, 7) is 2.23. The first-order valence-corrected chi connectivity index (χ1v) is 12.9. The van der Waals surface area contributed by atoms with Gasteiger partial charge in [0.2, 0.25) is 11.8 Å². The first-order valence-electron chi connectivity index (χ1n) is 12.5. The fourth-order valence-electron chi connectivity index (χ4n) is 4.23. The third-order valence-corrected chi connectivity index (χ3v) is 6.21. The summed E-state index contributed by atoms with van der Waals surface area (Å²) in [6.07, 6.45) is 2.14. The highest BCUT2D eigenvalue weighted by Gasteiger charge is 2.26. The predicted molar refractivity (Wildman–Crippen MR) is 150 cm³/mol. The van der Waals surface area contributed by atoms with Crippen molar-refractivity contribution < 1.29 is 23.1 Å². The number of halogens is 2. The van der Waals surface area contributed by atoms with Crippen LogP contribution in [-0.2, 0) is 11.2 Å². The van der Waals surface area contributed by atoms with Crippen LogP contribution in [0.3, 0.4) is 0 Å². The van der Waals surface area contributed by atoms with Gasteiger partial charge in [-0.15, -0.1) is 0 Å². The number of carbonyl (C=O) groups excluding carboxylic acids is 2. The van der Waals surface area contributed by atoms with Crippen LogP contribution in [0, 0.1) is 17.6 Å². The molecule has 3 N–H and O–H groups in total. The van der Waals surface area contributed by atoms with Crippen LogP contribution in [0.1, 0.15) is 12.0 Å². The van der Waals surface area contributed by atoms with Crippen molar-refractivity contribution in [1.29, 1.82) is 0 Å². The number of benzene rings is 2. The fraction of sp³-hybridized carbons (Fsp3) is 0.296. The molecule has 1 saturated heterocycles. The van der Waals surface area contributed by atoms with Gasteiger partial charge in [-0.25, -0.2) is 23.5 Å². The van der Waals surface area contributed by atoms with Crippen molar-refractivity contribution in [1.82, 2.24) is 25.1 Å². The summed E-state index contributed by atoms with van der Waals surface area (Å²) in [5, 5.41) is 7.94. The number of rotatable bonds is 8. The molecule has 13 heteroatoms. The Balaban J connectivity index is 1.29. The van der Waals surface area contributed by atoms with Gasteiger partial charge in [-0.05, 0) is 68.5 Å². The van der Waals surface area contributed by atoms with Crippen molar-refractivity contribution in [3.63, 3.8) is 0 Å². The number of aromatic nitrogens is 2. The van der Waals surface area contributed by atoms with Crippen LogP contribution < -0.4 is 20.7 Å². The molecule has 3 aromatic rings. The molecule has 0 unspecified atom stereocenters. The average Bonchev–Trinajstić information content (AvgIpc) is 3.35. The SMILES string of the molecule is CN(C)C[C@H]1CCN(C(=O)Nc2cc(Oc3ccc(NC(=S)NC(=O)Cc4ccc(F)cc4)cc3F)ncn2)C1. The van der Waals surface area contributed by atoms with Gasteiger partial charge in [-0.3, -0.25) is 10.1 Å². The largest absolute Gasteiger partial charge is 0.436 e. The Kier molecular flexibility index (Phi) is 9.51. The van der Waals surface area contributed by atoms with Crippen LogP contribution in [0.25, 0.3) is 0 Å². The minimum atomic E-state index is -0.710. The molecule has 1 aromatic heterocycles. The Morgan fingerprint density at radius 3 is 2.60 bits per heavy atom. The molecule has 40 heavy (non-hydrogen) atoms. The molecule has 4 rings (SSSR count). The highest BCUT2D eigenvalue weighted by atomic mass is 32.1. The van der Waals surface area contributed by atoms with Gasteiger partial charge < -0.3 is 25.2 Å². The molecule has 210 valence electrons. The zero-order valence-electron chi connectivity index (χ0n) is 22.0. The van der Waals surface area contributed by atoms with Crippen LogP contribution >= 0.6 is 12.2 Å². The fourth-order valence-corrected chi connectivity index (χ4v) is 4.46. The molecule has 2 aromatic carbocycles. The van der Waals surface area contributed by atoms with E-state index in [4.69, 9.17) is 17.0 Å². The first-order chi connectivity index (χ1) is 19.1. The summed E-state index contributed by atoms with van der Waals surface area (Å²) < 4.78 is 33.3. The number of hydrogen-bond donors (Lipinski definition) is 3. The lowest BCUT2D eigenvalue weighted by Crippen LogP contribution is -2.35. The molecule has 1 fully saturated rings. The number of carbonyl (C=O) groups is 2. The van der Waals surface area contributed by atoms with Crippen molar-refractivity contribution in [3.05, 3.63) is 72.1 Å². The van der Waals surface area contributed by atoms with E-state index in [1.165, 1.54) is 48.8 Å². The maximum Gasteiger partial charge on any atom is 0.323 e. The quantitative estimate of drug-likeness (QED) is 0.349. The smallest absolute Gasteiger partial charge is 0.323 e. The third kappa shape index (κ3) is 8.38. The standard InChI is InChI=1S/C27H29F2N7O3S/c1-35(2)14-18-9-10-36(15-18)27(38)33-23-13-25(31-16-30-23)39-22-8-7-20(12-21(22)29)32-26(40)34-24(37)11-17-3-5-19(28)6-4-17/h3-8,12-13,16,18H,9-11,14-15H2,1-2H3,(H,30,31,33,38)(H2,32,34,37,40)/t18-/m1/s1. The topological polar surface area (TPSA) is 112 Å². The lowest BCUT2D eigenvalue weighted by molar-refractivity contribution is -0.119. The van der Waals surface area contributed by atoms with E-state index in [9.17, 15) is 18.4 Å². The maximum atomic E-state index is 14.8. The normalized spacial score (nSPS) is 14.6. The minimum absolute atomic E-state index is 0.000379. The van der Waals surface area contributed by atoms with E-state index < -0.39 is 17.5 Å². The Hall–Kier alpha value is -4.23. The molecule has 2 heterocycles. The van der Waals surface area contributed by atoms with Crippen LogP contribution in [0.2, 0.25) is 0 Å². The molecule has 0 aliphatic carbocycles. The summed E-state index contributed by atoms with van der Waals surface area (Å²) in [5.41, 5.74) is 0.900. The highest BCUT2D eigenvalue weighted by molar-refractivity contribution is 7.80. The zero-order chi connectivity index (χ0) is 28.6. The van der Waals surface area contributed by atoms with E-state index in [1.54, 1.807) is 4.90 Å². The van der Waals surface area contributed by atoms with Gasteiger partial charge in [0.15, 0.2) is 16.7 Å². The number of thiocarbonyl (C=S) groups is 1. The highest BCUT2D eigenvalue weighted by Crippen LogP contribution is 2.27. The Bertz CT molecular complexity index is 1370. The lowest BCUT2D eigenvalue weighted by atomic mass is 10.1. The third-order valence-electron chi connectivity index (χ3n) is 6.01. The van der Waals surface area contributed by atoms with Crippen LogP contribution in [0.4, 0.5) is 25.1 Å². The predicted octanol–water partition coefficient (Wildman–Crippen LogP) is 4.02.